The van der Waals surface area contributed by atoms with E-state index in [1.165, 1.54) is 0 Å². The van der Waals surface area contributed by atoms with Crippen LogP contribution >= 0.6 is 58.0 Å². The van der Waals surface area contributed by atoms with E-state index in [9.17, 15) is 0 Å². The summed E-state index contributed by atoms with van der Waals surface area (Å²) in [5.74, 6) is 0. The third-order valence-corrected chi connectivity index (χ3v) is 3.24. The second-order valence-electron chi connectivity index (χ2n) is 2.05. The Morgan fingerprint density at radius 3 is 1.91 bits per heavy atom. The van der Waals surface area contributed by atoms with Crippen LogP contribution < -0.4 is 0 Å². The standard InChI is InChI=1S/C5H7Cl5O/c6-3(2-11)1-5(9,10)4(7)8/h3-4,11H,1-2H2. The topological polar surface area (TPSA) is 20.2 Å². The molecule has 1 atom stereocenters. The van der Waals surface area contributed by atoms with E-state index in [1.807, 2.05) is 0 Å². The van der Waals surface area contributed by atoms with Crippen molar-refractivity contribution >= 4 is 58.0 Å². The van der Waals surface area contributed by atoms with Crippen molar-refractivity contribution in [2.24, 2.45) is 0 Å². The molecular weight excluding hydrogens is 253 g/mol. The van der Waals surface area contributed by atoms with Crippen molar-refractivity contribution in [2.75, 3.05) is 6.61 Å². The summed E-state index contributed by atoms with van der Waals surface area (Å²) >= 11 is 27.7. The van der Waals surface area contributed by atoms with Gasteiger partial charge in [-0.2, -0.15) is 0 Å². The fourth-order valence-corrected chi connectivity index (χ4v) is 1.40. The summed E-state index contributed by atoms with van der Waals surface area (Å²) in [7, 11) is 0. The van der Waals surface area contributed by atoms with E-state index in [2.05, 4.69) is 0 Å². The van der Waals surface area contributed by atoms with Crippen LogP contribution in [0.5, 0.6) is 0 Å². The Labute approximate surface area is 90.5 Å². The Hall–Kier alpha value is 1.41. The van der Waals surface area contributed by atoms with E-state index >= 15 is 0 Å². The van der Waals surface area contributed by atoms with Gasteiger partial charge in [-0.15, -0.1) is 34.8 Å². The van der Waals surface area contributed by atoms with Crippen LogP contribution in [0.2, 0.25) is 0 Å². The third kappa shape index (κ3) is 4.87. The van der Waals surface area contributed by atoms with Gasteiger partial charge < -0.3 is 5.11 Å². The van der Waals surface area contributed by atoms with Crippen molar-refractivity contribution in [3.63, 3.8) is 0 Å². The molecule has 0 heterocycles. The van der Waals surface area contributed by atoms with Gasteiger partial charge in [0.05, 0.1) is 12.0 Å². The average Bonchev–Trinajstić information content (AvgIpc) is 1.86. The lowest BCUT2D eigenvalue weighted by atomic mass is 10.2. The molecule has 1 nitrogen and oxygen atoms in total. The van der Waals surface area contributed by atoms with Crippen LogP contribution in [0.25, 0.3) is 0 Å². The highest BCUT2D eigenvalue weighted by atomic mass is 35.5. The lowest BCUT2D eigenvalue weighted by Crippen LogP contribution is -2.27. The van der Waals surface area contributed by atoms with Crippen LogP contribution in [0.1, 0.15) is 6.42 Å². The first-order valence-corrected chi connectivity index (χ1v) is 4.87. The van der Waals surface area contributed by atoms with Crippen LogP contribution in [0, 0.1) is 0 Å². The molecule has 0 fully saturated rings. The molecule has 1 N–H and O–H groups in total. The highest BCUT2D eigenvalue weighted by Gasteiger charge is 2.34. The zero-order valence-corrected chi connectivity index (χ0v) is 9.19. The van der Waals surface area contributed by atoms with Crippen molar-refractivity contribution in [3.05, 3.63) is 0 Å². The molecule has 0 aliphatic rings. The lowest BCUT2D eigenvalue weighted by Gasteiger charge is -2.22. The predicted molar refractivity (Wildman–Crippen MR) is 51.3 cm³/mol. The number of halogens is 5. The van der Waals surface area contributed by atoms with Crippen LogP contribution in [0.3, 0.4) is 0 Å². The van der Waals surface area contributed by atoms with E-state index in [4.69, 9.17) is 63.1 Å². The third-order valence-electron chi connectivity index (χ3n) is 1.01. The normalized spacial score (nSPS) is 15.5. The average molecular weight is 260 g/mol. The molecule has 68 valence electrons. The molecule has 0 radical (unpaired) electrons. The number of hydrogen-bond acceptors (Lipinski definition) is 1. The highest BCUT2D eigenvalue weighted by molar-refractivity contribution is 6.59. The first-order chi connectivity index (χ1) is 4.90. The molecule has 0 saturated carbocycles. The summed E-state index contributed by atoms with van der Waals surface area (Å²) in [4.78, 5) is -0.918. The Balaban J connectivity index is 3.90. The van der Waals surface area contributed by atoms with Crippen molar-refractivity contribution in [1.29, 1.82) is 0 Å². The van der Waals surface area contributed by atoms with Gasteiger partial charge in [0.1, 0.15) is 9.17 Å². The van der Waals surface area contributed by atoms with Gasteiger partial charge in [-0.25, -0.2) is 0 Å². The van der Waals surface area contributed by atoms with Gasteiger partial charge in [-0.1, -0.05) is 23.2 Å². The summed E-state index contributed by atoms with van der Waals surface area (Å²) < 4.78 is -1.29. The first kappa shape index (κ1) is 12.4. The minimum atomic E-state index is -1.29. The van der Waals surface area contributed by atoms with Gasteiger partial charge in [0, 0.05) is 6.42 Å². The van der Waals surface area contributed by atoms with E-state index in [-0.39, 0.29) is 13.0 Å². The molecule has 0 aliphatic carbocycles. The fraction of sp³-hybridized carbons (Fsp3) is 1.00. The van der Waals surface area contributed by atoms with Crippen molar-refractivity contribution in [3.8, 4) is 0 Å². The summed E-state index contributed by atoms with van der Waals surface area (Å²) in [6.45, 7) is -0.205. The monoisotopic (exact) mass is 258 g/mol. The van der Waals surface area contributed by atoms with Gasteiger partial charge in [-0.05, 0) is 0 Å². The summed E-state index contributed by atoms with van der Waals surface area (Å²) in [6.07, 6.45) is 0.145. The maximum atomic E-state index is 8.54. The SMILES string of the molecule is OCC(Cl)CC(Cl)(Cl)C(Cl)Cl. The zero-order chi connectivity index (χ0) is 9.07. The van der Waals surface area contributed by atoms with Crippen molar-refractivity contribution in [2.45, 2.75) is 21.0 Å². The van der Waals surface area contributed by atoms with Crippen LogP contribution in [0.15, 0.2) is 0 Å². The molecule has 0 aliphatic heterocycles. The number of hydrogen-bond donors (Lipinski definition) is 1. The minimum Gasteiger partial charge on any atom is -0.395 e. The second kappa shape index (κ2) is 5.21. The minimum absolute atomic E-state index is 0.145. The van der Waals surface area contributed by atoms with Crippen LogP contribution in [0.4, 0.5) is 0 Å². The fourth-order valence-electron chi connectivity index (χ4n) is 0.449. The van der Waals surface area contributed by atoms with Crippen molar-refractivity contribution in [1.82, 2.24) is 0 Å². The highest BCUT2D eigenvalue weighted by Crippen LogP contribution is 2.37. The Kier molecular flexibility index (Phi) is 5.87. The first-order valence-electron chi connectivity index (χ1n) is 2.81. The molecular formula is C5H7Cl5O. The van der Waals surface area contributed by atoms with E-state index in [0.717, 1.165) is 0 Å². The number of alkyl halides is 5. The molecule has 6 heteroatoms. The maximum Gasteiger partial charge on any atom is 0.149 e. The molecule has 0 saturated heterocycles. The Morgan fingerprint density at radius 1 is 1.18 bits per heavy atom. The number of aliphatic hydroxyl groups excluding tert-OH is 1. The molecule has 0 aromatic heterocycles. The Morgan fingerprint density at radius 2 is 1.64 bits per heavy atom. The van der Waals surface area contributed by atoms with Gasteiger partial charge >= 0.3 is 0 Å². The van der Waals surface area contributed by atoms with Gasteiger partial charge in [0.2, 0.25) is 0 Å². The van der Waals surface area contributed by atoms with Gasteiger partial charge in [-0.3, -0.25) is 0 Å². The molecule has 0 rings (SSSR count). The molecule has 0 aromatic rings. The molecule has 1 unspecified atom stereocenters. The maximum absolute atomic E-state index is 8.54. The summed E-state index contributed by atoms with van der Waals surface area (Å²) in [5.41, 5.74) is 0. The van der Waals surface area contributed by atoms with E-state index in [1.54, 1.807) is 0 Å². The summed E-state index contributed by atoms with van der Waals surface area (Å²) in [5, 5.41) is 8.02. The number of aliphatic hydroxyl groups is 1. The quantitative estimate of drug-likeness (QED) is 0.771. The molecule has 0 aromatic carbocycles. The smallest absolute Gasteiger partial charge is 0.149 e. The van der Waals surface area contributed by atoms with Crippen LogP contribution in [-0.2, 0) is 0 Å². The largest absolute Gasteiger partial charge is 0.395 e. The van der Waals surface area contributed by atoms with Gasteiger partial charge in [0.25, 0.3) is 0 Å². The molecule has 0 spiro atoms. The molecule has 0 bridgehead atoms. The predicted octanol–water partition coefficient (Wildman–Crippen LogP) is 2.95. The number of rotatable bonds is 4. The van der Waals surface area contributed by atoms with Crippen molar-refractivity contribution < 1.29 is 5.11 Å². The summed E-state index contributed by atoms with van der Waals surface area (Å²) in [6, 6.07) is 0. The lowest BCUT2D eigenvalue weighted by molar-refractivity contribution is 0.286. The van der Waals surface area contributed by atoms with Crippen LogP contribution in [-0.4, -0.2) is 26.3 Å². The van der Waals surface area contributed by atoms with E-state index in [0.29, 0.717) is 0 Å². The Bertz CT molecular complexity index is 115. The second-order valence-corrected chi connectivity index (χ2v) is 5.30. The zero-order valence-electron chi connectivity index (χ0n) is 5.41. The van der Waals surface area contributed by atoms with Gasteiger partial charge in [0.15, 0.2) is 0 Å². The molecule has 0 amide bonds. The molecule has 11 heavy (non-hydrogen) atoms. The van der Waals surface area contributed by atoms with E-state index < -0.39 is 14.5 Å².